The van der Waals surface area contributed by atoms with Gasteiger partial charge in [0, 0.05) is 5.92 Å². The molecule has 1 heteroatoms. The van der Waals surface area contributed by atoms with Gasteiger partial charge in [0.15, 0.2) is 0 Å². The zero-order valence-electron chi connectivity index (χ0n) is 9.12. The van der Waals surface area contributed by atoms with Crippen LogP contribution in [0.3, 0.4) is 0 Å². The highest BCUT2D eigenvalue weighted by atomic mass is 15.3. The smallest absolute Gasteiger partial charge is 0.0847 e. The summed E-state index contributed by atoms with van der Waals surface area (Å²) >= 11 is 0. The summed E-state index contributed by atoms with van der Waals surface area (Å²) in [6.07, 6.45) is 0. The molecule has 1 nitrogen and oxygen atoms in total. The largest absolute Gasteiger partial charge is 0.330 e. The maximum absolute atomic E-state index is 2.29. The fourth-order valence-corrected chi connectivity index (χ4v) is 1.71. The van der Waals surface area contributed by atoms with E-state index in [2.05, 4.69) is 58.4 Å². The molecule has 0 aliphatic heterocycles. The molecule has 1 rings (SSSR count). The highest BCUT2D eigenvalue weighted by Crippen LogP contribution is 2.16. The topological polar surface area (TPSA) is 0 Å². The van der Waals surface area contributed by atoms with Gasteiger partial charge in [-0.25, -0.2) is 0 Å². The summed E-state index contributed by atoms with van der Waals surface area (Å²) in [5.41, 5.74) is 1.44. The van der Waals surface area contributed by atoms with E-state index < -0.39 is 0 Å². The second-order valence-corrected chi connectivity index (χ2v) is 4.78. The third kappa shape index (κ3) is 3.60. The number of hydrogen-bond donors (Lipinski definition) is 0. The van der Waals surface area contributed by atoms with E-state index in [1.807, 2.05) is 0 Å². The van der Waals surface area contributed by atoms with Crippen molar-refractivity contribution >= 4 is 0 Å². The number of rotatable bonds is 3. The predicted octanol–water partition coefficient (Wildman–Crippen LogP) is 2.50. The standard InChI is InChI=1S/C12H20N/c1-11(10-13(2,3)4)12-8-6-5-7-9-12/h5-9,11H,10H2,1-4H3/q+1/t11-/m0/s1. The molecule has 1 aromatic carbocycles. The first-order chi connectivity index (χ1) is 5.99. The Labute approximate surface area is 81.6 Å². The molecule has 0 radical (unpaired) electrons. The molecule has 0 aromatic heterocycles. The van der Waals surface area contributed by atoms with Gasteiger partial charge in [0.1, 0.15) is 0 Å². The first kappa shape index (κ1) is 10.3. The van der Waals surface area contributed by atoms with Crippen LogP contribution in [0.25, 0.3) is 0 Å². The van der Waals surface area contributed by atoms with E-state index in [-0.39, 0.29) is 0 Å². The lowest BCUT2D eigenvalue weighted by molar-refractivity contribution is -0.871. The van der Waals surface area contributed by atoms with E-state index in [1.165, 1.54) is 12.1 Å². The molecule has 0 fully saturated rings. The fraction of sp³-hybridized carbons (Fsp3) is 0.500. The van der Waals surface area contributed by atoms with Crippen LogP contribution < -0.4 is 0 Å². The number of likely N-dealkylation sites (N-methyl/N-ethyl adjacent to an activating group) is 1. The highest BCUT2D eigenvalue weighted by molar-refractivity contribution is 5.18. The summed E-state index contributed by atoms with van der Waals surface area (Å²) < 4.78 is 1.02. The van der Waals surface area contributed by atoms with E-state index in [9.17, 15) is 0 Å². The Morgan fingerprint density at radius 2 is 1.62 bits per heavy atom. The molecule has 0 bridgehead atoms. The first-order valence-electron chi connectivity index (χ1n) is 4.84. The van der Waals surface area contributed by atoms with Crippen molar-refractivity contribution in [1.29, 1.82) is 0 Å². The van der Waals surface area contributed by atoms with Crippen LogP contribution in [0.15, 0.2) is 30.3 Å². The van der Waals surface area contributed by atoms with Crippen LogP contribution in [-0.4, -0.2) is 32.2 Å². The van der Waals surface area contributed by atoms with Crippen LogP contribution in [-0.2, 0) is 0 Å². The number of benzene rings is 1. The van der Waals surface area contributed by atoms with Gasteiger partial charge >= 0.3 is 0 Å². The Morgan fingerprint density at radius 1 is 1.08 bits per heavy atom. The van der Waals surface area contributed by atoms with E-state index in [4.69, 9.17) is 0 Å². The van der Waals surface area contributed by atoms with Crippen molar-refractivity contribution < 1.29 is 4.48 Å². The summed E-state index contributed by atoms with van der Waals surface area (Å²) in [6, 6.07) is 10.7. The lowest BCUT2D eigenvalue weighted by atomic mass is 10.0. The van der Waals surface area contributed by atoms with Crippen LogP contribution in [0.5, 0.6) is 0 Å². The molecule has 0 amide bonds. The monoisotopic (exact) mass is 178 g/mol. The van der Waals surface area contributed by atoms with Gasteiger partial charge in [-0.2, -0.15) is 0 Å². The average Bonchev–Trinajstić information content (AvgIpc) is 2.03. The van der Waals surface area contributed by atoms with Gasteiger partial charge in [0.05, 0.1) is 27.7 Å². The van der Waals surface area contributed by atoms with Gasteiger partial charge < -0.3 is 4.48 Å². The van der Waals surface area contributed by atoms with Gasteiger partial charge in [-0.1, -0.05) is 37.3 Å². The van der Waals surface area contributed by atoms with Crippen molar-refractivity contribution in [3.63, 3.8) is 0 Å². The maximum Gasteiger partial charge on any atom is 0.0847 e. The molecule has 72 valence electrons. The minimum atomic E-state index is 0.640. The Kier molecular flexibility index (Phi) is 3.10. The second-order valence-electron chi connectivity index (χ2n) is 4.78. The molecular weight excluding hydrogens is 158 g/mol. The van der Waals surface area contributed by atoms with Crippen molar-refractivity contribution in [2.45, 2.75) is 12.8 Å². The molecule has 0 N–H and O–H groups in total. The van der Waals surface area contributed by atoms with Gasteiger partial charge in [0.25, 0.3) is 0 Å². The number of nitrogens with zero attached hydrogens (tertiary/aromatic N) is 1. The predicted molar refractivity (Wildman–Crippen MR) is 57.8 cm³/mol. The van der Waals surface area contributed by atoms with Crippen LogP contribution in [0.1, 0.15) is 18.4 Å². The van der Waals surface area contributed by atoms with Crippen molar-refractivity contribution in [3.8, 4) is 0 Å². The minimum Gasteiger partial charge on any atom is -0.330 e. The first-order valence-corrected chi connectivity index (χ1v) is 4.84. The molecule has 1 aromatic rings. The summed E-state index contributed by atoms with van der Waals surface area (Å²) in [5, 5.41) is 0. The number of hydrogen-bond acceptors (Lipinski definition) is 0. The summed E-state index contributed by atoms with van der Waals surface area (Å²) in [5.74, 6) is 0.640. The van der Waals surface area contributed by atoms with E-state index >= 15 is 0 Å². The van der Waals surface area contributed by atoms with E-state index in [0.29, 0.717) is 5.92 Å². The Bertz CT molecular complexity index is 246. The van der Waals surface area contributed by atoms with Crippen LogP contribution in [0.2, 0.25) is 0 Å². The molecule has 0 heterocycles. The third-order valence-electron chi connectivity index (χ3n) is 2.19. The third-order valence-corrected chi connectivity index (χ3v) is 2.19. The highest BCUT2D eigenvalue weighted by Gasteiger charge is 2.14. The second kappa shape index (κ2) is 3.93. The van der Waals surface area contributed by atoms with Crippen molar-refractivity contribution in [1.82, 2.24) is 0 Å². The SMILES string of the molecule is C[C@@H](C[N+](C)(C)C)c1ccccc1. The molecular formula is C12H20N+. The Morgan fingerprint density at radius 3 is 2.08 bits per heavy atom. The summed E-state index contributed by atoms with van der Waals surface area (Å²) in [6.45, 7) is 3.48. The van der Waals surface area contributed by atoms with Crippen LogP contribution >= 0.6 is 0 Å². The molecule has 0 saturated carbocycles. The van der Waals surface area contributed by atoms with Gasteiger partial charge in [-0.05, 0) is 5.56 Å². The molecule has 0 aliphatic rings. The summed E-state index contributed by atoms with van der Waals surface area (Å²) in [4.78, 5) is 0. The van der Waals surface area contributed by atoms with E-state index in [0.717, 1.165) is 4.48 Å². The van der Waals surface area contributed by atoms with Crippen molar-refractivity contribution in [2.75, 3.05) is 27.7 Å². The quantitative estimate of drug-likeness (QED) is 0.624. The van der Waals surface area contributed by atoms with Crippen molar-refractivity contribution in [2.24, 2.45) is 0 Å². The summed E-state index contributed by atoms with van der Waals surface area (Å²) in [7, 11) is 6.71. The minimum absolute atomic E-state index is 0.640. The molecule has 0 spiro atoms. The molecule has 0 saturated heterocycles. The van der Waals surface area contributed by atoms with E-state index in [1.54, 1.807) is 0 Å². The van der Waals surface area contributed by atoms with Gasteiger partial charge in [-0.15, -0.1) is 0 Å². The molecule has 0 unspecified atom stereocenters. The molecule has 1 atom stereocenters. The Balaban J connectivity index is 2.64. The zero-order chi connectivity index (χ0) is 9.90. The van der Waals surface area contributed by atoms with Crippen LogP contribution in [0, 0.1) is 0 Å². The lowest BCUT2D eigenvalue weighted by Crippen LogP contribution is -2.37. The molecule has 13 heavy (non-hydrogen) atoms. The maximum atomic E-state index is 2.29. The average molecular weight is 178 g/mol. The normalized spacial score (nSPS) is 14.2. The Hall–Kier alpha value is -0.820. The molecule has 0 aliphatic carbocycles. The van der Waals surface area contributed by atoms with Gasteiger partial charge in [0.2, 0.25) is 0 Å². The lowest BCUT2D eigenvalue weighted by Gasteiger charge is -2.27. The number of quaternary nitrogens is 1. The fourth-order valence-electron chi connectivity index (χ4n) is 1.71. The zero-order valence-corrected chi connectivity index (χ0v) is 9.12. The van der Waals surface area contributed by atoms with Gasteiger partial charge in [-0.3, -0.25) is 0 Å². The van der Waals surface area contributed by atoms with Crippen LogP contribution in [0.4, 0.5) is 0 Å². The van der Waals surface area contributed by atoms with Crippen molar-refractivity contribution in [3.05, 3.63) is 35.9 Å².